The van der Waals surface area contributed by atoms with Gasteiger partial charge in [0.25, 0.3) is 0 Å². The van der Waals surface area contributed by atoms with Gasteiger partial charge in [-0.1, -0.05) is 13.8 Å². The summed E-state index contributed by atoms with van der Waals surface area (Å²) in [5.74, 6) is 1.81. The number of guanidine groups is 1. The number of aliphatic imine (C=N–C) groups is 1. The first-order chi connectivity index (χ1) is 6.20. The van der Waals surface area contributed by atoms with Crippen LogP contribution in [0, 0.1) is 0 Å². The fourth-order valence-corrected chi connectivity index (χ4v) is 1.76. The van der Waals surface area contributed by atoms with E-state index in [0.29, 0.717) is 5.25 Å². The van der Waals surface area contributed by atoms with E-state index < -0.39 is 0 Å². The van der Waals surface area contributed by atoms with Crippen LogP contribution in [0.5, 0.6) is 0 Å². The molecule has 0 aliphatic carbocycles. The Balaban J connectivity index is 2.08. The van der Waals surface area contributed by atoms with Crippen LogP contribution >= 0.6 is 11.8 Å². The second-order valence-electron chi connectivity index (χ2n) is 3.50. The largest absolute Gasteiger partial charge is 0.370 e. The maximum Gasteiger partial charge on any atom is 0.191 e. The van der Waals surface area contributed by atoms with E-state index in [2.05, 4.69) is 23.7 Å². The van der Waals surface area contributed by atoms with Gasteiger partial charge in [0.05, 0.1) is 6.54 Å². The molecule has 76 valence electrons. The number of nitrogens with two attached hydrogens (primary N) is 1. The molecule has 1 aliphatic heterocycles. The van der Waals surface area contributed by atoms with Gasteiger partial charge in [-0.25, -0.2) is 0 Å². The zero-order valence-corrected chi connectivity index (χ0v) is 9.31. The van der Waals surface area contributed by atoms with Crippen molar-refractivity contribution in [3.8, 4) is 0 Å². The first kappa shape index (κ1) is 10.7. The highest BCUT2D eigenvalue weighted by molar-refractivity contribution is 7.99. The van der Waals surface area contributed by atoms with Gasteiger partial charge >= 0.3 is 0 Å². The summed E-state index contributed by atoms with van der Waals surface area (Å²) in [5.41, 5.74) is 5.76. The molecule has 0 amide bonds. The van der Waals surface area contributed by atoms with Crippen LogP contribution in [0.25, 0.3) is 0 Å². The average molecular weight is 201 g/mol. The number of likely N-dealkylation sites (tertiary alicyclic amines) is 1. The van der Waals surface area contributed by atoms with E-state index in [1.54, 1.807) is 0 Å². The lowest BCUT2D eigenvalue weighted by atomic mass is 10.2. The van der Waals surface area contributed by atoms with Crippen molar-refractivity contribution in [1.82, 2.24) is 4.90 Å². The van der Waals surface area contributed by atoms with Gasteiger partial charge in [-0.15, -0.1) is 0 Å². The van der Waals surface area contributed by atoms with Gasteiger partial charge in [0.15, 0.2) is 5.96 Å². The van der Waals surface area contributed by atoms with Crippen molar-refractivity contribution in [3.05, 3.63) is 0 Å². The van der Waals surface area contributed by atoms with Gasteiger partial charge in [-0.3, -0.25) is 4.99 Å². The molecule has 1 heterocycles. The lowest BCUT2D eigenvalue weighted by Crippen LogP contribution is -2.46. The molecule has 2 N–H and O–H groups in total. The third-order valence-electron chi connectivity index (χ3n) is 2.00. The van der Waals surface area contributed by atoms with Crippen molar-refractivity contribution < 1.29 is 0 Å². The van der Waals surface area contributed by atoms with Crippen molar-refractivity contribution in [1.29, 1.82) is 0 Å². The van der Waals surface area contributed by atoms with Crippen LogP contribution in [0.2, 0.25) is 0 Å². The fraction of sp³-hybridized carbons (Fsp3) is 0.889. The fourth-order valence-electron chi connectivity index (χ4n) is 1.09. The number of rotatable bonds is 4. The average Bonchev–Trinajstić information content (AvgIpc) is 1.94. The zero-order valence-electron chi connectivity index (χ0n) is 8.49. The molecule has 4 heteroatoms. The maximum absolute atomic E-state index is 5.76. The Morgan fingerprint density at radius 1 is 1.54 bits per heavy atom. The molecule has 0 aromatic carbocycles. The Kier molecular flexibility index (Phi) is 4.42. The Labute approximate surface area is 84.8 Å². The lowest BCUT2D eigenvalue weighted by molar-refractivity contribution is 0.296. The Morgan fingerprint density at radius 2 is 2.23 bits per heavy atom. The van der Waals surface area contributed by atoms with Crippen molar-refractivity contribution in [3.63, 3.8) is 0 Å². The number of hydrogen-bond acceptors (Lipinski definition) is 2. The number of nitrogens with zero attached hydrogens (tertiary/aromatic N) is 2. The topological polar surface area (TPSA) is 41.6 Å². The molecule has 1 rings (SSSR count). The summed E-state index contributed by atoms with van der Waals surface area (Å²) < 4.78 is 0. The minimum atomic E-state index is 0.695. The lowest BCUT2D eigenvalue weighted by Gasteiger charge is -2.31. The molecule has 13 heavy (non-hydrogen) atoms. The summed E-state index contributed by atoms with van der Waals surface area (Å²) in [6.45, 7) is 7.44. The third-order valence-corrected chi connectivity index (χ3v) is 3.08. The van der Waals surface area contributed by atoms with Crippen LogP contribution in [0.3, 0.4) is 0 Å². The molecular weight excluding hydrogens is 182 g/mol. The molecule has 0 aromatic rings. The predicted molar refractivity (Wildman–Crippen MR) is 60.3 cm³/mol. The summed E-state index contributed by atoms with van der Waals surface area (Å²) in [5, 5.41) is 0.695. The number of hydrogen-bond donors (Lipinski definition) is 1. The quantitative estimate of drug-likeness (QED) is 0.421. The highest BCUT2D eigenvalue weighted by Crippen LogP contribution is 2.08. The van der Waals surface area contributed by atoms with Crippen molar-refractivity contribution in [2.75, 3.05) is 25.4 Å². The SMILES string of the molecule is CC(C)SCCN=C(N)N1CCC1. The van der Waals surface area contributed by atoms with Crippen LogP contribution in [-0.4, -0.2) is 41.5 Å². The summed E-state index contributed by atoms with van der Waals surface area (Å²) in [6, 6.07) is 0. The molecule has 0 spiro atoms. The molecule has 1 fully saturated rings. The third kappa shape index (κ3) is 3.89. The molecule has 0 atom stereocenters. The van der Waals surface area contributed by atoms with E-state index in [0.717, 1.165) is 31.3 Å². The minimum Gasteiger partial charge on any atom is -0.370 e. The summed E-state index contributed by atoms with van der Waals surface area (Å²) in [4.78, 5) is 6.44. The van der Waals surface area contributed by atoms with E-state index >= 15 is 0 Å². The van der Waals surface area contributed by atoms with Gasteiger partial charge in [0.1, 0.15) is 0 Å². The normalized spacial score (nSPS) is 17.8. The monoisotopic (exact) mass is 201 g/mol. The highest BCUT2D eigenvalue weighted by Gasteiger charge is 2.14. The molecule has 1 aliphatic rings. The Hall–Kier alpha value is -0.380. The Bertz CT molecular complexity index is 176. The second kappa shape index (κ2) is 5.37. The van der Waals surface area contributed by atoms with Crippen molar-refractivity contribution >= 4 is 17.7 Å². The summed E-state index contributed by atoms with van der Waals surface area (Å²) >= 11 is 1.93. The standard InChI is InChI=1S/C9H19N3S/c1-8(2)13-7-4-11-9(10)12-5-3-6-12/h8H,3-7H2,1-2H3,(H2,10,11). The van der Waals surface area contributed by atoms with Crippen molar-refractivity contribution in [2.24, 2.45) is 10.7 Å². The minimum absolute atomic E-state index is 0.695. The van der Waals surface area contributed by atoms with Gasteiger partial charge < -0.3 is 10.6 Å². The smallest absolute Gasteiger partial charge is 0.191 e. The van der Waals surface area contributed by atoms with E-state index in [4.69, 9.17) is 5.73 Å². The first-order valence-electron chi connectivity index (χ1n) is 4.86. The highest BCUT2D eigenvalue weighted by atomic mass is 32.2. The van der Waals surface area contributed by atoms with Crippen LogP contribution in [0.15, 0.2) is 4.99 Å². The van der Waals surface area contributed by atoms with E-state index in [-0.39, 0.29) is 0 Å². The first-order valence-corrected chi connectivity index (χ1v) is 5.91. The molecule has 0 radical (unpaired) electrons. The van der Waals surface area contributed by atoms with E-state index in [1.807, 2.05) is 11.8 Å². The van der Waals surface area contributed by atoms with Gasteiger partial charge in [-0.2, -0.15) is 11.8 Å². The van der Waals surface area contributed by atoms with Crippen molar-refractivity contribution in [2.45, 2.75) is 25.5 Å². The molecule has 0 saturated carbocycles. The second-order valence-corrected chi connectivity index (χ2v) is 5.18. The predicted octanol–water partition coefficient (Wildman–Crippen LogP) is 1.15. The van der Waals surface area contributed by atoms with Gasteiger partial charge in [-0.05, 0) is 11.7 Å². The summed E-state index contributed by atoms with van der Waals surface area (Å²) in [6.07, 6.45) is 1.26. The molecular formula is C9H19N3S. The van der Waals surface area contributed by atoms with Gasteiger partial charge in [0, 0.05) is 18.8 Å². The molecule has 3 nitrogen and oxygen atoms in total. The van der Waals surface area contributed by atoms with E-state index in [1.165, 1.54) is 6.42 Å². The van der Waals surface area contributed by atoms with Crippen LogP contribution in [0.4, 0.5) is 0 Å². The van der Waals surface area contributed by atoms with Crippen LogP contribution in [-0.2, 0) is 0 Å². The zero-order chi connectivity index (χ0) is 9.68. The molecule has 0 unspecified atom stereocenters. The summed E-state index contributed by atoms with van der Waals surface area (Å²) in [7, 11) is 0. The Morgan fingerprint density at radius 3 is 2.69 bits per heavy atom. The van der Waals surface area contributed by atoms with E-state index in [9.17, 15) is 0 Å². The maximum atomic E-state index is 5.76. The van der Waals surface area contributed by atoms with Crippen LogP contribution < -0.4 is 5.73 Å². The van der Waals surface area contributed by atoms with Crippen LogP contribution in [0.1, 0.15) is 20.3 Å². The molecule has 0 bridgehead atoms. The number of thioether (sulfide) groups is 1. The van der Waals surface area contributed by atoms with Gasteiger partial charge in [0.2, 0.25) is 0 Å². The molecule has 1 saturated heterocycles. The molecule has 0 aromatic heterocycles.